The summed E-state index contributed by atoms with van der Waals surface area (Å²) < 4.78 is 2.27. The number of nitrogens with zero attached hydrogens (tertiary/aromatic N) is 5. The van der Waals surface area contributed by atoms with E-state index in [9.17, 15) is 0 Å². The van der Waals surface area contributed by atoms with E-state index in [1.165, 1.54) is 0 Å². The zero-order valence-corrected chi connectivity index (χ0v) is 32.6. The molecule has 8 aromatic carbocycles. The zero-order valence-electron chi connectivity index (χ0n) is 31.0. The summed E-state index contributed by atoms with van der Waals surface area (Å²) in [6.07, 6.45) is 0. The van der Waals surface area contributed by atoms with Gasteiger partial charge in [-0.2, -0.15) is 0 Å². The van der Waals surface area contributed by atoms with Crippen molar-refractivity contribution >= 4 is 53.9 Å². The Hall–Kier alpha value is -7.19. The summed E-state index contributed by atoms with van der Waals surface area (Å²) in [5.41, 5.74) is 11.0. The Kier molecular flexibility index (Phi) is 8.46. The Morgan fingerprint density at radius 2 is 0.672 bits per heavy atom. The van der Waals surface area contributed by atoms with Gasteiger partial charge in [0.05, 0.1) is 20.4 Å². The Morgan fingerprint density at radius 3 is 1.21 bits per heavy atom. The van der Waals surface area contributed by atoms with Gasteiger partial charge in [0.25, 0.3) is 0 Å². The number of rotatable bonds is 7. The predicted octanol–water partition coefficient (Wildman–Crippen LogP) is 13.9. The summed E-state index contributed by atoms with van der Waals surface area (Å²) in [7, 11) is 0. The van der Waals surface area contributed by atoms with Crippen LogP contribution in [0, 0.1) is 0 Å². The van der Waals surface area contributed by atoms with E-state index < -0.39 is 0 Å². The van der Waals surface area contributed by atoms with Gasteiger partial charge in [0.15, 0.2) is 17.5 Å². The second-order valence-corrected chi connectivity index (χ2v) is 16.2. The molecule has 0 radical (unpaired) electrons. The molecule has 0 saturated heterocycles. The first-order valence-electron chi connectivity index (χ1n) is 19.1. The molecule has 272 valence electrons. The van der Waals surface area contributed by atoms with Crippen LogP contribution in [-0.4, -0.2) is 24.9 Å². The fourth-order valence-electron chi connectivity index (χ4n) is 7.44. The quantitative estimate of drug-likeness (QED) is 0.161. The molecule has 5 nitrogen and oxygen atoms in total. The minimum atomic E-state index is 0.574. The van der Waals surface area contributed by atoms with Crippen LogP contribution in [0.15, 0.2) is 188 Å². The van der Waals surface area contributed by atoms with Crippen molar-refractivity contribution in [2.45, 2.75) is 0 Å². The average Bonchev–Trinajstić information content (AvgIpc) is 3.95. The van der Waals surface area contributed by atoms with Crippen molar-refractivity contribution < 1.29 is 0 Å². The lowest BCUT2D eigenvalue weighted by atomic mass is 9.96. The first-order valence-corrected chi connectivity index (χ1v) is 20.7. The maximum Gasteiger partial charge on any atom is 0.164 e. The summed E-state index contributed by atoms with van der Waals surface area (Å²) in [6.45, 7) is 0. The minimum Gasteiger partial charge on any atom is -0.236 e. The number of hydrogen-bond acceptors (Lipinski definition) is 7. The molecular formula is C51H31N5S2. The van der Waals surface area contributed by atoms with Crippen LogP contribution >= 0.6 is 22.7 Å². The molecule has 0 N–H and O–H groups in total. The topological polar surface area (TPSA) is 64.5 Å². The number of thiazole rings is 2. The summed E-state index contributed by atoms with van der Waals surface area (Å²) in [4.78, 5) is 26.0. The molecule has 0 fully saturated rings. The Balaban J connectivity index is 1.16. The highest BCUT2D eigenvalue weighted by molar-refractivity contribution is 7.22. The molecule has 0 bridgehead atoms. The molecule has 0 aliphatic heterocycles. The number of hydrogen-bond donors (Lipinski definition) is 0. The zero-order chi connectivity index (χ0) is 38.4. The van der Waals surface area contributed by atoms with E-state index in [-0.39, 0.29) is 0 Å². The number of fused-ring (bicyclic) bond motifs is 3. The van der Waals surface area contributed by atoms with Crippen molar-refractivity contribution in [3.63, 3.8) is 0 Å². The monoisotopic (exact) mass is 777 g/mol. The van der Waals surface area contributed by atoms with Gasteiger partial charge in [-0.15, -0.1) is 22.7 Å². The molecule has 0 aliphatic rings. The summed E-state index contributed by atoms with van der Waals surface area (Å²) >= 11 is 3.36. The third-order valence-corrected chi connectivity index (χ3v) is 12.5. The Bertz CT molecular complexity index is 3080. The van der Waals surface area contributed by atoms with Crippen molar-refractivity contribution in [2.24, 2.45) is 0 Å². The molecule has 11 aromatic rings. The van der Waals surface area contributed by atoms with E-state index in [0.717, 1.165) is 91.3 Å². The van der Waals surface area contributed by atoms with Gasteiger partial charge in [-0.25, -0.2) is 24.9 Å². The third-order valence-electron chi connectivity index (χ3n) is 10.3. The maximum atomic E-state index is 5.33. The Labute approximate surface area is 342 Å². The van der Waals surface area contributed by atoms with Crippen LogP contribution in [0.2, 0.25) is 0 Å². The van der Waals surface area contributed by atoms with Crippen molar-refractivity contribution in [1.29, 1.82) is 0 Å². The first-order chi connectivity index (χ1) is 28.7. The molecule has 0 unspecified atom stereocenters. The second kappa shape index (κ2) is 14.4. The lowest BCUT2D eigenvalue weighted by Gasteiger charge is -2.13. The minimum absolute atomic E-state index is 0.574. The van der Waals surface area contributed by atoms with Crippen LogP contribution in [0.3, 0.4) is 0 Å². The molecule has 58 heavy (non-hydrogen) atoms. The van der Waals surface area contributed by atoms with Gasteiger partial charge in [-0.1, -0.05) is 121 Å². The van der Waals surface area contributed by atoms with Crippen molar-refractivity contribution in [2.75, 3.05) is 0 Å². The van der Waals surface area contributed by atoms with E-state index in [2.05, 4.69) is 164 Å². The van der Waals surface area contributed by atoms with Gasteiger partial charge in [-0.05, 0) is 99.8 Å². The van der Waals surface area contributed by atoms with Gasteiger partial charge >= 0.3 is 0 Å². The molecule has 7 heteroatoms. The number of para-hydroxylation sites is 2. The van der Waals surface area contributed by atoms with E-state index in [4.69, 9.17) is 24.9 Å². The van der Waals surface area contributed by atoms with Crippen LogP contribution in [0.25, 0.3) is 109 Å². The average molecular weight is 778 g/mol. The fraction of sp³-hybridized carbons (Fsp3) is 0. The third kappa shape index (κ3) is 6.52. The van der Waals surface area contributed by atoms with Crippen LogP contribution in [0.4, 0.5) is 0 Å². The number of benzene rings is 8. The highest BCUT2D eigenvalue weighted by atomic mass is 32.1. The summed E-state index contributed by atoms with van der Waals surface area (Å²) in [5.74, 6) is 1.77. The van der Waals surface area contributed by atoms with Crippen molar-refractivity contribution in [3.8, 4) is 77.6 Å². The molecule has 0 spiro atoms. The molecule has 3 heterocycles. The van der Waals surface area contributed by atoms with Gasteiger partial charge in [0.1, 0.15) is 10.0 Å². The number of aromatic nitrogens is 5. The second-order valence-electron chi connectivity index (χ2n) is 14.2. The fourth-order valence-corrected chi connectivity index (χ4v) is 9.34. The van der Waals surface area contributed by atoms with E-state index in [0.29, 0.717) is 17.5 Å². The van der Waals surface area contributed by atoms with Crippen LogP contribution in [0.1, 0.15) is 0 Å². The SMILES string of the molecule is c1ccc(-c2cc(-c3ccccc3)cc(-c3nc(-c4cc(-c5nc6ccccc6s5)cc(-c5nc6ccccc6s5)c4)nc(-c4ccc5ccccc5c4)n3)c2)cc1. The summed E-state index contributed by atoms with van der Waals surface area (Å²) in [6, 6.07) is 65.4. The van der Waals surface area contributed by atoms with Gasteiger partial charge in [0, 0.05) is 27.8 Å². The maximum absolute atomic E-state index is 5.33. The largest absolute Gasteiger partial charge is 0.236 e. The van der Waals surface area contributed by atoms with Crippen LogP contribution < -0.4 is 0 Å². The molecule has 0 amide bonds. The van der Waals surface area contributed by atoms with E-state index in [1.807, 2.05) is 24.3 Å². The van der Waals surface area contributed by atoms with Crippen molar-refractivity contribution in [1.82, 2.24) is 24.9 Å². The van der Waals surface area contributed by atoms with Crippen molar-refractivity contribution in [3.05, 3.63) is 188 Å². The highest BCUT2D eigenvalue weighted by Gasteiger charge is 2.19. The molecular weight excluding hydrogens is 747 g/mol. The first kappa shape index (κ1) is 34.1. The summed E-state index contributed by atoms with van der Waals surface area (Å²) in [5, 5.41) is 4.14. The smallest absolute Gasteiger partial charge is 0.164 e. The normalized spacial score (nSPS) is 11.4. The lowest BCUT2D eigenvalue weighted by Crippen LogP contribution is -2.01. The molecule has 3 aromatic heterocycles. The predicted molar refractivity (Wildman–Crippen MR) is 242 cm³/mol. The van der Waals surface area contributed by atoms with E-state index >= 15 is 0 Å². The van der Waals surface area contributed by atoms with Gasteiger partial charge < -0.3 is 0 Å². The van der Waals surface area contributed by atoms with E-state index in [1.54, 1.807) is 22.7 Å². The molecule has 11 rings (SSSR count). The highest BCUT2D eigenvalue weighted by Crippen LogP contribution is 2.39. The standard InChI is InChI=1S/C51H31N5S2/c1-3-13-32(14-4-1)37-26-38(33-15-5-2-6-16-33)28-39(27-37)48-54-47(36-24-23-34-17-7-8-18-35(34)25-36)55-49(56-48)40-29-41(50-52-43-19-9-11-21-45(43)57-50)31-42(30-40)51-53-44-20-10-12-22-46(44)58-51/h1-31H. The van der Waals surface area contributed by atoms with Gasteiger partial charge in [0.2, 0.25) is 0 Å². The molecule has 0 aliphatic carbocycles. The Morgan fingerprint density at radius 1 is 0.259 bits per heavy atom. The lowest BCUT2D eigenvalue weighted by molar-refractivity contribution is 1.07. The molecule has 0 saturated carbocycles. The van der Waals surface area contributed by atoms with Crippen LogP contribution in [0.5, 0.6) is 0 Å². The van der Waals surface area contributed by atoms with Crippen LogP contribution in [-0.2, 0) is 0 Å². The molecule has 0 atom stereocenters. The van der Waals surface area contributed by atoms with Gasteiger partial charge in [-0.3, -0.25) is 0 Å².